The van der Waals surface area contributed by atoms with E-state index in [1.54, 1.807) is 12.1 Å². The van der Waals surface area contributed by atoms with Crippen molar-refractivity contribution >= 4 is 17.3 Å². The molecule has 2 aliphatic rings. The monoisotopic (exact) mass is 634 g/mol. The van der Waals surface area contributed by atoms with Gasteiger partial charge in [0.05, 0.1) is 24.6 Å². The zero-order valence-electron chi connectivity index (χ0n) is 18.2. The van der Waals surface area contributed by atoms with Gasteiger partial charge in [0.25, 0.3) is 17.5 Å². The molecule has 2 aliphatic heterocycles. The second kappa shape index (κ2) is 11.8. The second-order valence-electron chi connectivity index (χ2n) is 7.45. The minimum atomic E-state index is -0.371. The first kappa shape index (κ1) is 25.4. The molecule has 0 bridgehead atoms. The van der Waals surface area contributed by atoms with Gasteiger partial charge in [-0.2, -0.15) is 4.98 Å². The van der Waals surface area contributed by atoms with Crippen LogP contribution in [0, 0.1) is 0 Å². The summed E-state index contributed by atoms with van der Waals surface area (Å²) in [6.07, 6.45) is 0. The number of ether oxygens (including phenoxy) is 2. The van der Waals surface area contributed by atoms with Gasteiger partial charge in [-0.1, -0.05) is 23.8 Å². The van der Waals surface area contributed by atoms with Crippen LogP contribution in [0.1, 0.15) is 5.56 Å². The van der Waals surface area contributed by atoms with Gasteiger partial charge in [-0.05, 0) is 24.3 Å². The maximum atomic E-state index is 11.4. The largest absolute Gasteiger partial charge is 0.674 e. The zero-order valence-corrected chi connectivity index (χ0v) is 21.2. The first-order valence-corrected chi connectivity index (χ1v) is 10.5. The molecule has 1 fully saturated rings. The Balaban J connectivity index is 0.000000201. The molecule has 3 aromatic rings. The van der Waals surface area contributed by atoms with Crippen LogP contribution in [0.4, 0.5) is 11.4 Å². The van der Waals surface area contributed by atoms with Gasteiger partial charge in [0.1, 0.15) is 5.75 Å². The maximum Gasteiger partial charge on any atom is 0.294 e. The topological polar surface area (TPSA) is 141 Å². The van der Waals surface area contributed by atoms with Crippen molar-refractivity contribution < 1.29 is 40.4 Å². The van der Waals surface area contributed by atoms with Gasteiger partial charge in [-0.3, -0.25) is 14.6 Å². The first-order chi connectivity index (χ1) is 16.0. The summed E-state index contributed by atoms with van der Waals surface area (Å²) in [6, 6.07) is 14.1. The van der Waals surface area contributed by atoms with Crippen LogP contribution in [0.25, 0.3) is 17.0 Å². The van der Waals surface area contributed by atoms with E-state index in [0.717, 1.165) is 29.9 Å². The predicted octanol–water partition coefficient (Wildman–Crippen LogP) is 2.55. The van der Waals surface area contributed by atoms with Crippen molar-refractivity contribution in [3.05, 3.63) is 70.2 Å². The van der Waals surface area contributed by atoms with Crippen LogP contribution in [0.15, 0.2) is 53.3 Å². The molecule has 5 rings (SSSR count). The number of nitrogens with zero attached hydrogens (tertiary/aromatic N) is 2. The Kier molecular flexibility index (Phi) is 8.81. The van der Waals surface area contributed by atoms with Crippen LogP contribution in [-0.4, -0.2) is 53.9 Å². The second-order valence-corrected chi connectivity index (χ2v) is 7.45. The van der Waals surface area contributed by atoms with Crippen molar-refractivity contribution in [2.75, 3.05) is 43.1 Å². The normalized spacial score (nSPS) is 14.5. The fraction of sp³-hybridized carbons (Fsp3) is 0.261. The van der Waals surface area contributed by atoms with Gasteiger partial charge in [-0.15, -0.1) is 6.54 Å². The molecule has 1 saturated heterocycles. The number of anilines is 2. The summed E-state index contributed by atoms with van der Waals surface area (Å²) in [5.41, 5.74) is 10.6. The van der Waals surface area contributed by atoms with E-state index in [4.69, 9.17) is 15.2 Å². The van der Waals surface area contributed by atoms with Crippen molar-refractivity contribution in [3.8, 4) is 23.0 Å². The third-order valence-corrected chi connectivity index (χ3v) is 5.13. The Labute approximate surface area is 210 Å². The number of aromatic hydroxyl groups is 1. The molecule has 0 spiro atoms. The Bertz CT molecular complexity index is 1200. The SMILES string of the molecule is O=c1cc(-c2cccc(N3CCOCC3)c2)nc(O)[nH]1.[NH-]Cc1ccc2c(c1)NC(=O)CO2.[W]. The standard InChI is InChI=1S/C14H15N3O3.C9H9N2O2.W/c18-13-9-12(15-14(19)16-13)10-2-1-3-11(8-10)17-4-6-20-7-5-17;10-4-6-1-2-8-7(3-6)11-9(12)5-13-8;/h1-3,8-9H,4-7H2,(H2,15,16,18,19);1-3,10H,4-5H2,(H,11,12);/q;-1;. The minimum Gasteiger partial charge on any atom is -0.674 e. The number of nitrogens with one attached hydrogen (secondary N) is 3. The number of benzene rings is 2. The molecule has 4 N–H and O–H groups in total. The smallest absolute Gasteiger partial charge is 0.294 e. The summed E-state index contributed by atoms with van der Waals surface area (Å²) >= 11 is 0. The van der Waals surface area contributed by atoms with Gasteiger partial charge < -0.3 is 30.5 Å². The van der Waals surface area contributed by atoms with E-state index in [-0.39, 0.29) is 51.7 Å². The number of fused-ring (bicyclic) bond motifs is 1. The molecule has 2 aromatic carbocycles. The van der Waals surface area contributed by atoms with Crippen molar-refractivity contribution in [3.63, 3.8) is 0 Å². The molecule has 0 saturated carbocycles. The van der Waals surface area contributed by atoms with E-state index in [1.165, 1.54) is 6.07 Å². The number of rotatable bonds is 3. The Morgan fingerprint density at radius 3 is 2.62 bits per heavy atom. The molecular weight excluding hydrogens is 610 g/mol. The molecular formula is C23H24N5O5W-. The predicted molar refractivity (Wildman–Crippen MR) is 124 cm³/mol. The molecule has 10 nitrogen and oxygen atoms in total. The van der Waals surface area contributed by atoms with Crippen molar-refractivity contribution in [1.29, 1.82) is 0 Å². The van der Waals surface area contributed by atoms with E-state index in [2.05, 4.69) is 20.2 Å². The number of aromatic nitrogens is 2. The summed E-state index contributed by atoms with van der Waals surface area (Å²) in [4.78, 5) is 30.7. The van der Waals surface area contributed by atoms with Gasteiger partial charge >= 0.3 is 0 Å². The van der Waals surface area contributed by atoms with Crippen molar-refractivity contribution in [2.45, 2.75) is 6.54 Å². The number of morpholine rings is 1. The van der Waals surface area contributed by atoms with Crippen LogP contribution >= 0.6 is 0 Å². The average molecular weight is 634 g/mol. The minimum absolute atomic E-state index is 0. The number of hydrogen-bond acceptors (Lipinski definition) is 7. The molecule has 178 valence electrons. The third kappa shape index (κ3) is 6.44. The van der Waals surface area contributed by atoms with Crippen LogP contribution in [-0.2, 0) is 37.1 Å². The summed E-state index contributed by atoms with van der Waals surface area (Å²) in [6.45, 7) is 3.41. The van der Waals surface area contributed by atoms with Gasteiger partial charge in [0.2, 0.25) is 0 Å². The van der Waals surface area contributed by atoms with Crippen LogP contribution in [0.2, 0.25) is 0 Å². The van der Waals surface area contributed by atoms with E-state index < -0.39 is 0 Å². The van der Waals surface area contributed by atoms with Crippen LogP contribution < -0.4 is 20.5 Å². The average Bonchev–Trinajstić information content (AvgIpc) is 2.84. The van der Waals surface area contributed by atoms with Gasteiger partial charge in [-0.25, -0.2) is 0 Å². The maximum absolute atomic E-state index is 11.4. The van der Waals surface area contributed by atoms with E-state index >= 15 is 0 Å². The summed E-state index contributed by atoms with van der Waals surface area (Å²) in [5, 5.41) is 12.1. The Morgan fingerprint density at radius 2 is 1.88 bits per heavy atom. The summed E-state index contributed by atoms with van der Waals surface area (Å²) in [7, 11) is 0. The quantitative estimate of drug-likeness (QED) is 0.403. The van der Waals surface area contributed by atoms with Gasteiger partial charge in [0.15, 0.2) is 6.61 Å². The molecule has 0 radical (unpaired) electrons. The first-order valence-electron chi connectivity index (χ1n) is 10.5. The molecule has 3 heterocycles. The van der Waals surface area contributed by atoms with Crippen LogP contribution in [0.5, 0.6) is 11.8 Å². The zero-order chi connectivity index (χ0) is 23.2. The molecule has 1 amide bonds. The van der Waals surface area contributed by atoms with Crippen molar-refractivity contribution in [1.82, 2.24) is 9.97 Å². The number of hydrogen-bond donors (Lipinski definition) is 3. The van der Waals surface area contributed by atoms with E-state index in [0.29, 0.717) is 30.3 Å². The third-order valence-electron chi connectivity index (χ3n) is 5.13. The van der Waals surface area contributed by atoms with Crippen molar-refractivity contribution in [2.24, 2.45) is 0 Å². The summed E-state index contributed by atoms with van der Waals surface area (Å²) in [5.74, 6) is 0.534. The molecule has 34 heavy (non-hydrogen) atoms. The molecule has 1 aromatic heterocycles. The Morgan fingerprint density at radius 1 is 1.09 bits per heavy atom. The van der Waals surface area contributed by atoms with Gasteiger partial charge in [0, 0.05) is 51.5 Å². The molecule has 0 aliphatic carbocycles. The van der Waals surface area contributed by atoms with Crippen LogP contribution in [0.3, 0.4) is 0 Å². The van der Waals surface area contributed by atoms with E-state index in [1.807, 2.05) is 30.3 Å². The molecule has 0 atom stereocenters. The molecule has 0 unspecified atom stereocenters. The Hall–Kier alpha value is -3.20. The van der Waals surface area contributed by atoms with E-state index in [9.17, 15) is 14.7 Å². The fourth-order valence-corrected chi connectivity index (χ4v) is 3.52. The number of aromatic amines is 1. The molecule has 11 heteroatoms. The number of amides is 1. The fourth-order valence-electron chi connectivity index (χ4n) is 3.52. The number of carbonyl (C=O) groups is 1. The number of H-pyrrole nitrogens is 1. The number of carbonyl (C=O) groups excluding carboxylic acids is 1. The summed E-state index contributed by atoms with van der Waals surface area (Å²) < 4.78 is 10.5.